The molecule has 0 saturated heterocycles. The standard InChI is InChI=1S/C16H25N3O2/c1-5-19(6-2)16(21)13-18(4)15(20)12-17(3)14-10-8-7-9-11-14/h7-11H,5-6,12-13H2,1-4H3. The molecule has 0 aliphatic heterocycles. The molecule has 0 spiro atoms. The Hall–Kier alpha value is -2.04. The van der Waals surface area contributed by atoms with E-state index in [9.17, 15) is 9.59 Å². The van der Waals surface area contributed by atoms with Crippen LogP contribution in [0.1, 0.15) is 13.8 Å². The van der Waals surface area contributed by atoms with Crippen molar-refractivity contribution < 1.29 is 9.59 Å². The summed E-state index contributed by atoms with van der Waals surface area (Å²) in [4.78, 5) is 29.3. The molecule has 0 heterocycles. The van der Waals surface area contributed by atoms with E-state index in [1.54, 1.807) is 11.9 Å². The van der Waals surface area contributed by atoms with Gasteiger partial charge in [-0.1, -0.05) is 18.2 Å². The minimum atomic E-state index is -0.0677. The van der Waals surface area contributed by atoms with Crippen LogP contribution in [0, 0.1) is 0 Å². The van der Waals surface area contributed by atoms with Crippen molar-refractivity contribution in [3.05, 3.63) is 30.3 Å². The Balaban J connectivity index is 2.53. The molecule has 0 aliphatic carbocycles. The quantitative estimate of drug-likeness (QED) is 0.764. The molecule has 0 saturated carbocycles. The summed E-state index contributed by atoms with van der Waals surface area (Å²) >= 11 is 0. The lowest BCUT2D eigenvalue weighted by molar-refractivity contribution is -0.138. The Labute approximate surface area is 127 Å². The first kappa shape index (κ1) is 17.0. The highest BCUT2D eigenvalue weighted by Crippen LogP contribution is 2.10. The molecule has 0 unspecified atom stereocenters. The summed E-state index contributed by atoms with van der Waals surface area (Å²) in [5, 5.41) is 0. The van der Waals surface area contributed by atoms with Crippen molar-refractivity contribution in [2.45, 2.75) is 13.8 Å². The number of rotatable bonds is 7. The van der Waals surface area contributed by atoms with Crippen LogP contribution in [0.3, 0.4) is 0 Å². The predicted molar refractivity (Wildman–Crippen MR) is 85.3 cm³/mol. The van der Waals surface area contributed by atoms with Gasteiger partial charge in [0, 0.05) is 32.9 Å². The van der Waals surface area contributed by atoms with Gasteiger partial charge in [-0.05, 0) is 26.0 Å². The first-order chi connectivity index (χ1) is 9.99. The summed E-state index contributed by atoms with van der Waals surface area (Å²) in [6.07, 6.45) is 0. The zero-order valence-electron chi connectivity index (χ0n) is 13.4. The van der Waals surface area contributed by atoms with E-state index < -0.39 is 0 Å². The van der Waals surface area contributed by atoms with Crippen LogP contribution in [0.25, 0.3) is 0 Å². The molecule has 5 nitrogen and oxygen atoms in total. The van der Waals surface area contributed by atoms with Crippen molar-refractivity contribution in [3.63, 3.8) is 0 Å². The maximum Gasteiger partial charge on any atom is 0.242 e. The molecule has 5 heteroatoms. The van der Waals surface area contributed by atoms with E-state index >= 15 is 0 Å². The zero-order valence-corrected chi connectivity index (χ0v) is 13.4. The number of hydrogen-bond donors (Lipinski definition) is 0. The molecule has 0 fully saturated rings. The van der Waals surface area contributed by atoms with Crippen LogP contribution in [0.15, 0.2) is 30.3 Å². The molecule has 1 aromatic rings. The maximum atomic E-state index is 12.2. The van der Waals surface area contributed by atoms with Crippen LogP contribution >= 0.6 is 0 Å². The molecule has 21 heavy (non-hydrogen) atoms. The molecule has 1 rings (SSSR count). The van der Waals surface area contributed by atoms with Gasteiger partial charge in [-0.3, -0.25) is 9.59 Å². The fraction of sp³-hybridized carbons (Fsp3) is 0.500. The van der Waals surface area contributed by atoms with Crippen molar-refractivity contribution in [3.8, 4) is 0 Å². The third kappa shape index (κ3) is 5.10. The molecule has 0 aliphatic rings. The summed E-state index contributed by atoms with van der Waals surface area (Å²) in [6.45, 7) is 5.59. The highest BCUT2D eigenvalue weighted by Gasteiger charge is 2.17. The first-order valence-electron chi connectivity index (χ1n) is 7.27. The summed E-state index contributed by atoms with van der Waals surface area (Å²) in [5.41, 5.74) is 0.981. The number of anilines is 1. The average Bonchev–Trinajstić information content (AvgIpc) is 2.49. The number of amides is 2. The summed E-state index contributed by atoms with van der Waals surface area (Å²) < 4.78 is 0. The number of carbonyl (C=O) groups is 2. The lowest BCUT2D eigenvalue weighted by Crippen LogP contribution is -2.44. The van der Waals surface area contributed by atoms with E-state index in [1.165, 1.54) is 4.90 Å². The number of carbonyl (C=O) groups excluding carboxylic acids is 2. The largest absolute Gasteiger partial charge is 0.365 e. The lowest BCUT2D eigenvalue weighted by atomic mass is 10.3. The van der Waals surface area contributed by atoms with Crippen molar-refractivity contribution >= 4 is 17.5 Å². The number of para-hydroxylation sites is 1. The average molecular weight is 291 g/mol. The Morgan fingerprint density at radius 1 is 0.905 bits per heavy atom. The highest BCUT2D eigenvalue weighted by atomic mass is 16.2. The van der Waals surface area contributed by atoms with Crippen molar-refractivity contribution in [2.24, 2.45) is 0 Å². The van der Waals surface area contributed by atoms with Gasteiger partial charge in [0.2, 0.25) is 11.8 Å². The van der Waals surface area contributed by atoms with Crippen molar-refractivity contribution in [1.29, 1.82) is 0 Å². The third-order valence-corrected chi connectivity index (χ3v) is 3.48. The zero-order chi connectivity index (χ0) is 15.8. The SMILES string of the molecule is CCN(CC)C(=O)CN(C)C(=O)CN(C)c1ccccc1. The Morgan fingerprint density at radius 2 is 1.48 bits per heavy atom. The van der Waals surface area contributed by atoms with Crippen LogP contribution in [-0.4, -0.2) is 61.9 Å². The van der Waals surface area contributed by atoms with Gasteiger partial charge in [0.15, 0.2) is 0 Å². The second kappa shape index (κ2) is 8.29. The number of hydrogen-bond acceptors (Lipinski definition) is 3. The van der Waals surface area contributed by atoms with Crippen LogP contribution < -0.4 is 4.90 Å². The van der Waals surface area contributed by atoms with Crippen molar-refractivity contribution in [1.82, 2.24) is 9.80 Å². The van der Waals surface area contributed by atoms with E-state index in [4.69, 9.17) is 0 Å². The number of likely N-dealkylation sites (N-methyl/N-ethyl adjacent to an activating group) is 3. The van der Waals surface area contributed by atoms with Gasteiger partial charge in [0.05, 0.1) is 13.1 Å². The molecule has 0 aromatic heterocycles. The minimum Gasteiger partial charge on any atom is -0.365 e. The second-order valence-electron chi connectivity index (χ2n) is 5.01. The molecule has 2 amide bonds. The van der Waals surface area contributed by atoms with Gasteiger partial charge >= 0.3 is 0 Å². The van der Waals surface area contributed by atoms with Crippen LogP contribution in [0.4, 0.5) is 5.69 Å². The van der Waals surface area contributed by atoms with Gasteiger partial charge in [0.25, 0.3) is 0 Å². The second-order valence-corrected chi connectivity index (χ2v) is 5.01. The lowest BCUT2D eigenvalue weighted by Gasteiger charge is -2.25. The summed E-state index contributed by atoms with van der Waals surface area (Å²) in [5.74, 6) is -0.0833. The van der Waals surface area contributed by atoms with E-state index in [1.807, 2.05) is 56.1 Å². The van der Waals surface area contributed by atoms with E-state index in [2.05, 4.69) is 0 Å². The van der Waals surface area contributed by atoms with Gasteiger partial charge in [-0.25, -0.2) is 0 Å². The predicted octanol–water partition coefficient (Wildman–Crippen LogP) is 1.45. The smallest absolute Gasteiger partial charge is 0.242 e. The monoisotopic (exact) mass is 291 g/mol. The van der Waals surface area contributed by atoms with E-state index in [0.29, 0.717) is 13.1 Å². The molecule has 116 valence electrons. The molecule has 1 aromatic carbocycles. The van der Waals surface area contributed by atoms with E-state index in [-0.39, 0.29) is 24.9 Å². The van der Waals surface area contributed by atoms with Gasteiger partial charge in [-0.15, -0.1) is 0 Å². The number of nitrogens with zero attached hydrogens (tertiary/aromatic N) is 3. The van der Waals surface area contributed by atoms with Crippen molar-refractivity contribution in [2.75, 3.05) is 45.2 Å². The Morgan fingerprint density at radius 3 is 2.00 bits per heavy atom. The summed E-state index contributed by atoms with van der Waals surface area (Å²) in [7, 11) is 3.54. The Kier molecular flexibility index (Phi) is 6.72. The molecule has 0 atom stereocenters. The number of benzene rings is 1. The molecule has 0 bridgehead atoms. The van der Waals surface area contributed by atoms with Crippen LogP contribution in [0.5, 0.6) is 0 Å². The molecule has 0 N–H and O–H groups in total. The van der Waals surface area contributed by atoms with E-state index in [0.717, 1.165) is 5.69 Å². The minimum absolute atomic E-state index is 0.0155. The Bertz CT molecular complexity index is 458. The topological polar surface area (TPSA) is 43.9 Å². The molecular formula is C16H25N3O2. The molecular weight excluding hydrogens is 266 g/mol. The normalized spacial score (nSPS) is 10.1. The maximum absolute atomic E-state index is 12.2. The highest BCUT2D eigenvalue weighted by molar-refractivity contribution is 5.86. The van der Waals surface area contributed by atoms with Gasteiger partial charge in [0.1, 0.15) is 0 Å². The van der Waals surface area contributed by atoms with Gasteiger partial charge < -0.3 is 14.7 Å². The molecule has 0 radical (unpaired) electrons. The third-order valence-electron chi connectivity index (χ3n) is 3.48. The fourth-order valence-corrected chi connectivity index (χ4v) is 2.06. The first-order valence-corrected chi connectivity index (χ1v) is 7.27. The van der Waals surface area contributed by atoms with Gasteiger partial charge in [-0.2, -0.15) is 0 Å². The van der Waals surface area contributed by atoms with Crippen LogP contribution in [0.2, 0.25) is 0 Å². The van der Waals surface area contributed by atoms with Crippen LogP contribution in [-0.2, 0) is 9.59 Å². The fourth-order valence-electron chi connectivity index (χ4n) is 2.06. The summed E-state index contributed by atoms with van der Waals surface area (Å²) in [6, 6.07) is 9.71.